The highest BCUT2D eigenvalue weighted by Crippen LogP contribution is 2.33. The van der Waals surface area contributed by atoms with Crippen LogP contribution in [0.1, 0.15) is 16.0 Å². The second-order valence-corrected chi connectivity index (χ2v) is 8.52. The first-order valence-electron chi connectivity index (χ1n) is 6.88. The Balaban J connectivity index is 2.13. The number of hydrogen-bond donors (Lipinski definition) is 1. The highest BCUT2D eigenvalue weighted by Gasteiger charge is 2.30. The summed E-state index contributed by atoms with van der Waals surface area (Å²) in [5, 5.41) is 3.27. The molecule has 112 valence electrons. The minimum Gasteiger partial charge on any atom is -0.311 e. The molecule has 4 nitrogen and oxygen atoms in total. The summed E-state index contributed by atoms with van der Waals surface area (Å²) in [6.07, 6.45) is 0. The molecule has 6 heteroatoms. The van der Waals surface area contributed by atoms with E-state index in [1.165, 1.54) is 11.3 Å². The molecule has 1 aromatic carbocycles. The minimum absolute atomic E-state index is 0.454. The Hall–Kier alpha value is -1.37. The normalized spacial score (nSPS) is 15.6. The van der Waals surface area contributed by atoms with Crippen molar-refractivity contribution >= 4 is 27.0 Å². The SMILES string of the molecule is Cc1cc(C)c(S(=O)(=O)N2CCNCc3ccccc32)s1. The van der Waals surface area contributed by atoms with Gasteiger partial charge in [-0.25, -0.2) is 8.42 Å². The van der Waals surface area contributed by atoms with Gasteiger partial charge in [-0.1, -0.05) is 18.2 Å². The van der Waals surface area contributed by atoms with Crippen molar-refractivity contribution in [3.63, 3.8) is 0 Å². The van der Waals surface area contributed by atoms with Crippen molar-refractivity contribution in [3.8, 4) is 0 Å². The first kappa shape index (κ1) is 14.6. The fraction of sp³-hybridized carbons (Fsp3) is 0.333. The van der Waals surface area contributed by atoms with Crippen LogP contribution in [0.25, 0.3) is 0 Å². The number of para-hydroxylation sites is 1. The van der Waals surface area contributed by atoms with Crippen molar-refractivity contribution in [2.45, 2.75) is 24.6 Å². The molecule has 0 amide bonds. The van der Waals surface area contributed by atoms with Crippen molar-refractivity contribution in [1.82, 2.24) is 5.32 Å². The highest BCUT2D eigenvalue weighted by atomic mass is 32.2. The second kappa shape index (κ2) is 5.44. The van der Waals surface area contributed by atoms with Crippen molar-refractivity contribution in [2.75, 3.05) is 17.4 Å². The Labute approximate surface area is 129 Å². The topological polar surface area (TPSA) is 49.4 Å². The number of benzene rings is 1. The summed E-state index contributed by atoms with van der Waals surface area (Å²) in [6, 6.07) is 9.62. The summed E-state index contributed by atoms with van der Waals surface area (Å²) < 4.78 is 28.1. The number of hydrogen-bond acceptors (Lipinski definition) is 4. The largest absolute Gasteiger partial charge is 0.311 e. The first-order chi connectivity index (χ1) is 10.00. The summed E-state index contributed by atoms with van der Waals surface area (Å²) in [5.74, 6) is 0. The van der Waals surface area contributed by atoms with Crippen molar-refractivity contribution in [2.24, 2.45) is 0 Å². The van der Waals surface area contributed by atoms with E-state index in [9.17, 15) is 8.42 Å². The number of nitrogens with one attached hydrogen (secondary N) is 1. The van der Waals surface area contributed by atoms with Gasteiger partial charge in [-0.2, -0.15) is 0 Å². The quantitative estimate of drug-likeness (QED) is 0.925. The maximum Gasteiger partial charge on any atom is 0.274 e. The smallest absolute Gasteiger partial charge is 0.274 e. The van der Waals surface area contributed by atoms with Gasteiger partial charge in [-0.15, -0.1) is 11.3 Å². The predicted molar refractivity (Wildman–Crippen MR) is 86.5 cm³/mol. The molecule has 3 rings (SSSR count). The lowest BCUT2D eigenvalue weighted by molar-refractivity contribution is 0.591. The summed E-state index contributed by atoms with van der Waals surface area (Å²) in [7, 11) is -3.50. The Morgan fingerprint density at radius 2 is 2.00 bits per heavy atom. The number of sulfonamides is 1. The maximum absolute atomic E-state index is 13.0. The fourth-order valence-corrected chi connectivity index (χ4v) is 5.92. The van der Waals surface area contributed by atoms with Gasteiger partial charge in [0.25, 0.3) is 10.0 Å². The summed E-state index contributed by atoms with van der Waals surface area (Å²) >= 11 is 1.35. The number of thiophene rings is 1. The minimum atomic E-state index is -3.50. The molecule has 1 aliphatic rings. The van der Waals surface area contributed by atoms with Gasteiger partial charge >= 0.3 is 0 Å². The zero-order valence-electron chi connectivity index (χ0n) is 12.1. The second-order valence-electron chi connectivity index (χ2n) is 5.21. The van der Waals surface area contributed by atoms with Crippen LogP contribution >= 0.6 is 11.3 Å². The predicted octanol–water partition coefficient (Wildman–Crippen LogP) is 2.66. The molecule has 0 spiro atoms. The van der Waals surface area contributed by atoms with Crippen molar-refractivity contribution < 1.29 is 8.42 Å². The average Bonchev–Trinajstić information content (AvgIpc) is 2.68. The van der Waals surface area contributed by atoms with E-state index < -0.39 is 10.0 Å². The van der Waals surface area contributed by atoms with E-state index in [1.54, 1.807) is 4.31 Å². The summed E-state index contributed by atoms with van der Waals surface area (Å²) in [5.41, 5.74) is 2.63. The van der Waals surface area contributed by atoms with Gasteiger partial charge in [0.05, 0.1) is 5.69 Å². The van der Waals surface area contributed by atoms with Gasteiger partial charge in [0.2, 0.25) is 0 Å². The molecule has 0 radical (unpaired) electrons. The third kappa shape index (κ3) is 2.59. The molecule has 0 fully saturated rings. The van der Waals surface area contributed by atoms with Crippen LogP contribution in [0.2, 0.25) is 0 Å². The molecule has 21 heavy (non-hydrogen) atoms. The van der Waals surface area contributed by atoms with Crippen LogP contribution in [-0.2, 0) is 16.6 Å². The van der Waals surface area contributed by atoms with E-state index in [2.05, 4.69) is 5.32 Å². The van der Waals surface area contributed by atoms with Crippen LogP contribution in [-0.4, -0.2) is 21.5 Å². The average molecular weight is 322 g/mol. The van der Waals surface area contributed by atoms with Crippen molar-refractivity contribution in [1.29, 1.82) is 0 Å². The van der Waals surface area contributed by atoms with Gasteiger partial charge in [0.15, 0.2) is 0 Å². The number of anilines is 1. The Morgan fingerprint density at radius 1 is 1.24 bits per heavy atom. The van der Waals surface area contributed by atoms with E-state index in [4.69, 9.17) is 0 Å². The van der Waals surface area contributed by atoms with E-state index in [1.807, 2.05) is 44.2 Å². The Morgan fingerprint density at radius 3 is 2.71 bits per heavy atom. The third-order valence-electron chi connectivity index (χ3n) is 3.59. The molecule has 2 heterocycles. The standard InChI is InChI=1S/C15H18N2O2S2/c1-11-9-12(2)20-15(11)21(18,19)17-8-7-16-10-13-5-3-4-6-14(13)17/h3-6,9,16H,7-8,10H2,1-2H3. The molecular formula is C15H18N2O2S2. The van der Waals surface area contributed by atoms with Gasteiger partial charge in [-0.3, -0.25) is 4.31 Å². The molecule has 0 saturated carbocycles. The molecule has 2 aromatic rings. The summed E-state index contributed by atoms with van der Waals surface area (Å²) in [4.78, 5) is 1.02. The van der Waals surface area contributed by atoms with Gasteiger partial charge in [0.1, 0.15) is 4.21 Å². The number of nitrogens with zero attached hydrogens (tertiary/aromatic N) is 1. The van der Waals surface area contributed by atoms with Gasteiger partial charge in [0, 0.05) is 24.5 Å². The Kier molecular flexibility index (Phi) is 3.77. The van der Waals surface area contributed by atoms with E-state index in [0.717, 1.165) is 21.7 Å². The molecule has 0 bridgehead atoms. The summed E-state index contributed by atoms with van der Waals surface area (Å²) in [6.45, 7) is 5.60. The lowest BCUT2D eigenvalue weighted by atomic mass is 10.2. The maximum atomic E-state index is 13.0. The van der Waals surface area contributed by atoms with E-state index >= 15 is 0 Å². The van der Waals surface area contributed by atoms with Gasteiger partial charge < -0.3 is 5.32 Å². The zero-order chi connectivity index (χ0) is 15.0. The van der Waals surface area contributed by atoms with Crippen molar-refractivity contribution in [3.05, 3.63) is 46.3 Å². The van der Waals surface area contributed by atoms with Crippen LogP contribution in [0.15, 0.2) is 34.5 Å². The number of aryl methyl sites for hydroxylation is 2. The molecular weight excluding hydrogens is 304 g/mol. The third-order valence-corrected chi connectivity index (χ3v) is 7.17. The first-order valence-corrected chi connectivity index (χ1v) is 9.14. The van der Waals surface area contributed by atoms with Crippen LogP contribution in [0.5, 0.6) is 0 Å². The van der Waals surface area contributed by atoms with Crippen LogP contribution in [0, 0.1) is 13.8 Å². The molecule has 1 aromatic heterocycles. The zero-order valence-corrected chi connectivity index (χ0v) is 13.7. The van der Waals surface area contributed by atoms with Crippen LogP contribution in [0.4, 0.5) is 5.69 Å². The monoisotopic (exact) mass is 322 g/mol. The lowest BCUT2D eigenvalue weighted by Crippen LogP contribution is -2.34. The van der Waals surface area contributed by atoms with E-state index in [0.29, 0.717) is 23.8 Å². The molecule has 1 aliphatic heterocycles. The molecule has 0 atom stereocenters. The molecule has 0 aliphatic carbocycles. The molecule has 0 saturated heterocycles. The molecule has 1 N–H and O–H groups in total. The molecule has 0 unspecified atom stereocenters. The lowest BCUT2D eigenvalue weighted by Gasteiger charge is -2.23. The van der Waals surface area contributed by atoms with Crippen LogP contribution in [0.3, 0.4) is 0 Å². The van der Waals surface area contributed by atoms with E-state index in [-0.39, 0.29) is 0 Å². The van der Waals surface area contributed by atoms with Gasteiger partial charge in [-0.05, 0) is 37.1 Å². The number of fused-ring (bicyclic) bond motifs is 1. The Bertz CT molecular complexity index is 766. The van der Waals surface area contributed by atoms with Crippen LogP contribution < -0.4 is 9.62 Å². The highest BCUT2D eigenvalue weighted by molar-refractivity contribution is 7.94. The number of rotatable bonds is 2. The fourth-order valence-electron chi connectivity index (χ4n) is 2.65.